The summed E-state index contributed by atoms with van der Waals surface area (Å²) >= 11 is 0. The van der Waals surface area contributed by atoms with Crippen molar-refractivity contribution in [1.29, 1.82) is 0 Å². The van der Waals surface area contributed by atoms with Gasteiger partial charge in [-0.05, 0) is 60.0 Å². The van der Waals surface area contributed by atoms with Crippen LogP contribution >= 0.6 is 0 Å². The smallest absolute Gasteiger partial charge is 0.295 e. The molecule has 0 radical (unpaired) electrons. The zero-order valence-corrected chi connectivity index (χ0v) is 17.4. The number of Topliss-reactive ketones (excluding diaryl/α,β-unsaturated/α-hetero) is 1. The molecular weight excluding hydrogens is 406 g/mol. The monoisotopic (exact) mass is 427 g/mol. The Balaban J connectivity index is 1.62. The maximum atomic E-state index is 13.1. The van der Waals surface area contributed by atoms with E-state index in [4.69, 9.17) is 4.74 Å². The van der Waals surface area contributed by atoms with E-state index < -0.39 is 17.7 Å². The summed E-state index contributed by atoms with van der Waals surface area (Å²) in [5, 5.41) is 11.2. The Bertz CT molecular complexity index is 1220. The van der Waals surface area contributed by atoms with Gasteiger partial charge in [0.25, 0.3) is 11.7 Å². The Morgan fingerprint density at radius 3 is 2.69 bits per heavy atom. The number of amides is 1. The fourth-order valence-corrected chi connectivity index (χ4v) is 4.34. The highest BCUT2D eigenvalue weighted by molar-refractivity contribution is 6.46. The molecule has 32 heavy (non-hydrogen) atoms. The number of pyridine rings is 2. The van der Waals surface area contributed by atoms with Crippen molar-refractivity contribution in [3.8, 4) is 5.75 Å². The van der Waals surface area contributed by atoms with E-state index in [0.717, 1.165) is 23.3 Å². The van der Waals surface area contributed by atoms with Crippen molar-refractivity contribution in [3.63, 3.8) is 0 Å². The van der Waals surface area contributed by atoms with Gasteiger partial charge in [0.05, 0.1) is 11.6 Å². The normalized spacial score (nSPS) is 21.5. The predicted octanol–water partition coefficient (Wildman–Crippen LogP) is 3.42. The Hall–Kier alpha value is -4.00. The van der Waals surface area contributed by atoms with Crippen LogP contribution in [-0.2, 0) is 22.6 Å². The van der Waals surface area contributed by atoms with Gasteiger partial charge in [-0.1, -0.05) is 6.07 Å². The number of ether oxygens (including phenoxy) is 1. The van der Waals surface area contributed by atoms with E-state index in [1.807, 2.05) is 13.0 Å². The average Bonchev–Trinajstić information content (AvgIpc) is 3.31. The van der Waals surface area contributed by atoms with E-state index in [9.17, 15) is 14.7 Å². The number of fused-ring (bicyclic) bond motifs is 1. The van der Waals surface area contributed by atoms with E-state index in [-0.39, 0.29) is 24.0 Å². The molecule has 4 heterocycles. The molecule has 1 fully saturated rings. The second-order valence-corrected chi connectivity index (χ2v) is 8.02. The van der Waals surface area contributed by atoms with Gasteiger partial charge >= 0.3 is 0 Å². The molecule has 1 amide bonds. The topological polar surface area (TPSA) is 92.6 Å². The molecule has 0 saturated carbocycles. The molecule has 0 aliphatic carbocycles. The quantitative estimate of drug-likeness (QED) is 0.390. The molecule has 2 aliphatic heterocycles. The fourth-order valence-electron chi connectivity index (χ4n) is 4.34. The number of rotatable bonds is 4. The Morgan fingerprint density at radius 2 is 1.94 bits per heavy atom. The van der Waals surface area contributed by atoms with Crippen molar-refractivity contribution >= 4 is 17.4 Å². The number of hydrogen-bond acceptors (Lipinski definition) is 6. The number of aromatic nitrogens is 2. The lowest BCUT2D eigenvalue weighted by molar-refractivity contribution is -0.140. The minimum Gasteiger partial charge on any atom is -0.507 e. The maximum absolute atomic E-state index is 13.1. The zero-order chi connectivity index (χ0) is 22.2. The van der Waals surface area contributed by atoms with Gasteiger partial charge in [0.2, 0.25) is 0 Å². The van der Waals surface area contributed by atoms with Crippen LogP contribution in [0.2, 0.25) is 0 Å². The number of benzene rings is 1. The van der Waals surface area contributed by atoms with E-state index >= 15 is 0 Å². The van der Waals surface area contributed by atoms with Crippen LogP contribution in [-0.4, -0.2) is 37.8 Å². The SMILES string of the molecule is CC1Cc2cc(/C(O)=C3/C(=O)C(=O)N(Cc4ccncc4)C3c3cccnc3)ccc2O1. The van der Waals surface area contributed by atoms with Crippen LogP contribution < -0.4 is 4.74 Å². The van der Waals surface area contributed by atoms with Crippen LogP contribution in [0.25, 0.3) is 5.76 Å². The van der Waals surface area contributed by atoms with Crippen molar-refractivity contribution in [1.82, 2.24) is 14.9 Å². The van der Waals surface area contributed by atoms with Crippen LogP contribution in [0.15, 0.2) is 72.8 Å². The number of aliphatic hydroxyl groups excluding tert-OH is 1. The summed E-state index contributed by atoms with van der Waals surface area (Å²) in [6.45, 7) is 2.19. The largest absolute Gasteiger partial charge is 0.507 e. The summed E-state index contributed by atoms with van der Waals surface area (Å²) in [5.41, 5.74) is 2.99. The summed E-state index contributed by atoms with van der Waals surface area (Å²) in [6.07, 6.45) is 7.29. The number of likely N-dealkylation sites (tertiary alicyclic amines) is 1. The highest BCUT2D eigenvalue weighted by Crippen LogP contribution is 2.41. The standard InChI is InChI=1S/C25H21N3O4/c1-15-11-19-12-17(4-5-20(19)32-15)23(29)21-22(18-3-2-8-27-13-18)28(25(31)24(21)30)14-16-6-9-26-10-7-16/h2-10,12-13,15,22,29H,11,14H2,1H3/b23-21-. The van der Waals surface area contributed by atoms with Gasteiger partial charge < -0.3 is 14.7 Å². The first-order chi connectivity index (χ1) is 15.5. The summed E-state index contributed by atoms with van der Waals surface area (Å²) in [4.78, 5) is 35.8. The highest BCUT2D eigenvalue weighted by Gasteiger charge is 2.46. The van der Waals surface area contributed by atoms with Gasteiger partial charge in [-0.2, -0.15) is 0 Å². The number of hydrogen-bond donors (Lipinski definition) is 1. The molecule has 1 N–H and O–H groups in total. The first kappa shape index (κ1) is 19.9. The molecule has 7 nitrogen and oxygen atoms in total. The molecule has 5 rings (SSSR count). The summed E-state index contributed by atoms with van der Waals surface area (Å²) in [6, 6.07) is 11.7. The van der Waals surface area contributed by atoms with Gasteiger partial charge in [0, 0.05) is 43.3 Å². The first-order valence-corrected chi connectivity index (χ1v) is 10.4. The van der Waals surface area contributed by atoms with Gasteiger partial charge in [-0.3, -0.25) is 19.6 Å². The molecule has 7 heteroatoms. The molecule has 1 saturated heterocycles. The Kier molecular flexibility index (Phi) is 4.93. The van der Waals surface area contributed by atoms with Crippen molar-refractivity contribution < 1.29 is 19.4 Å². The van der Waals surface area contributed by atoms with Gasteiger partial charge in [-0.25, -0.2) is 0 Å². The Labute approximate surface area is 185 Å². The summed E-state index contributed by atoms with van der Waals surface area (Å²) in [7, 11) is 0. The third kappa shape index (κ3) is 3.41. The number of nitrogens with zero attached hydrogens (tertiary/aromatic N) is 3. The molecule has 160 valence electrons. The third-order valence-electron chi connectivity index (χ3n) is 5.81. The van der Waals surface area contributed by atoms with Crippen molar-refractivity contribution in [3.05, 3.63) is 95.1 Å². The molecule has 0 spiro atoms. The van der Waals surface area contributed by atoms with Gasteiger partial charge in [0.1, 0.15) is 17.6 Å². The number of aliphatic hydroxyl groups is 1. The lowest BCUT2D eigenvalue weighted by Crippen LogP contribution is -2.29. The van der Waals surface area contributed by atoms with Crippen LogP contribution in [0.5, 0.6) is 5.75 Å². The lowest BCUT2D eigenvalue weighted by Gasteiger charge is -2.25. The average molecular weight is 427 g/mol. The minimum absolute atomic E-state index is 0.0590. The zero-order valence-electron chi connectivity index (χ0n) is 17.4. The molecule has 1 aromatic carbocycles. The molecule has 0 bridgehead atoms. The highest BCUT2D eigenvalue weighted by atomic mass is 16.5. The minimum atomic E-state index is -0.750. The van der Waals surface area contributed by atoms with E-state index in [2.05, 4.69) is 9.97 Å². The molecule has 3 aromatic rings. The van der Waals surface area contributed by atoms with E-state index in [1.54, 1.807) is 61.2 Å². The predicted molar refractivity (Wildman–Crippen MR) is 117 cm³/mol. The number of carbonyl (C=O) groups is 2. The van der Waals surface area contributed by atoms with Crippen LogP contribution in [0.4, 0.5) is 0 Å². The molecule has 2 unspecified atom stereocenters. The van der Waals surface area contributed by atoms with Crippen molar-refractivity contribution in [2.75, 3.05) is 0 Å². The second-order valence-electron chi connectivity index (χ2n) is 8.02. The van der Waals surface area contributed by atoms with E-state index in [0.29, 0.717) is 11.1 Å². The first-order valence-electron chi connectivity index (χ1n) is 10.4. The summed E-state index contributed by atoms with van der Waals surface area (Å²) in [5.74, 6) is -0.793. The van der Waals surface area contributed by atoms with Crippen LogP contribution in [0.1, 0.15) is 35.2 Å². The molecular formula is C25H21N3O4. The third-order valence-corrected chi connectivity index (χ3v) is 5.81. The molecule has 2 atom stereocenters. The second kappa shape index (κ2) is 7.92. The maximum Gasteiger partial charge on any atom is 0.295 e. The molecule has 2 aliphatic rings. The fraction of sp³-hybridized carbons (Fsp3) is 0.200. The van der Waals surface area contributed by atoms with Crippen LogP contribution in [0, 0.1) is 0 Å². The van der Waals surface area contributed by atoms with E-state index in [1.165, 1.54) is 4.90 Å². The number of ketones is 1. The number of carbonyl (C=O) groups excluding carboxylic acids is 2. The summed E-state index contributed by atoms with van der Waals surface area (Å²) < 4.78 is 5.74. The molecule has 2 aromatic heterocycles. The Morgan fingerprint density at radius 1 is 1.12 bits per heavy atom. The van der Waals surface area contributed by atoms with Crippen molar-refractivity contribution in [2.24, 2.45) is 0 Å². The van der Waals surface area contributed by atoms with Crippen LogP contribution in [0.3, 0.4) is 0 Å². The lowest BCUT2D eigenvalue weighted by atomic mass is 9.95. The van der Waals surface area contributed by atoms with Crippen molar-refractivity contribution in [2.45, 2.75) is 32.0 Å². The van der Waals surface area contributed by atoms with Gasteiger partial charge in [0.15, 0.2) is 0 Å². The van der Waals surface area contributed by atoms with Gasteiger partial charge in [-0.15, -0.1) is 0 Å².